The van der Waals surface area contributed by atoms with E-state index in [1.54, 1.807) is 19.2 Å². The third-order valence-corrected chi connectivity index (χ3v) is 10.1. The molecule has 2 fully saturated rings. The van der Waals surface area contributed by atoms with Crippen LogP contribution in [0.1, 0.15) is 32.3 Å². The Morgan fingerprint density at radius 2 is 1.87 bits per heavy atom. The van der Waals surface area contributed by atoms with Crippen LogP contribution in [0.2, 0.25) is 0 Å². The molecule has 46 heavy (non-hydrogen) atoms. The number of nitrogens with zero attached hydrogens (tertiary/aromatic N) is 1. The minimum absolute atomic E-state index is 0.0179. The van der Waals surface area contributed by atoms with E-state index in [-0.39, 0.29) is 43.5 Å². The van der Waals surface area contributed by atoms with Crippen molar-refractivity contribution in [2.24, 2.45) is 11.3 Å². The Hall–Kier alpha value is -3.43. The summed E-state index contributed by atoms with van der Waals surface area (Å²) in [7, 11) is -1.16. The molecule has 0 saturated carbocycles. The number of aliphatic hydroxyl groups is 1. The van der Waals surface area contributed by atoms with Gasteiger partial charge in [0.1, 0.15) is 6.10 Å². The number of carbonyl (C=O) groups is 2. The summed E-state index contributed by atoms with van der Waals surface area (Å²) in [5.41, 5.74) is 0.823. The summed E-state index contributed by atoms with van der Waals surface area (Å²) in [5, 5.41) is 20.1. The fourth-order valence-corrected chi connectivity index (χ4v) is 7.39. The fraction of sp³-hybridized carbons (Fsp3) is 0.562. The summed E-state index contributed by atoms with van der Waals surface area (Å²) in [6.07, 6.45) is -2.15. The van der Waals surface area contributed by atoms with Gasteiger partial charge < -0.3 is 40.0 Å². The van der Waals surface area contributed by atoms with Gasteiger partial charge in [-0.3, -0.25) is 0 Å². The maximum atomic E-state index is 14.1. The van der Waals surface area contributed by atoms with Crippen LogP contribution in [0.15, 0.2) is 59.5 Å². The van der Waals surface area contributed by atoms with Crippen molar-refractivity contribution in [1.82, 2.24) is 14.9 Å². The zero-order chi connectivity index (χ0) is 33.3. The van der Waals surface area contributed by atoms with Crippen molar-refractivity contribution in [3.63, 3.8) is 0 Å². The van der Waals surface area contributed by atoms with Gasteiger partial charge in [-0.1, -0.05) is 50.2 Å². The molecule has 4 rings (SSSR count). The van der Waals surface area contributed by atoms with Gasteiger partial charge in [0.05, 0.1) is 43.3 Å². The van der Waals surface area contributed by atoms with Gasteiger partial charge in [-0.25, -0.2) is 18.0 Å². The van der Waals surface area contributed by atoms with Crippen molar-refractivity contribution in [1.29, 1.82) is 0 Å². The lowest BCUT2D eigenvalue weighted by Crippen LogP contribution is -2.52. The lowest BCUT2D eigenvalue weighted by molar-refractivity contribution is -0.0907. The zero-order valence-corrected chi connectivity index (χ0v) is 27.6. The number of fused-ring (bicyclic) bond motifs is 1. The fourth-order valence-electron chi connectivity index (χ4n) is 5.70. The predicted octanol–water partition coefficient (Wildman–Crippen LogP) is 2.95. The van der Waals surface area contributed by atoms with Crippen molar-refractivity contribution in [3.05, 3.63) is 60.2 Å². The second kappa shape index (κ2) is 15.9. The number of alkyl carbamates (subject to hydrolysis) is 2. The van der Waals surface area contributed by atoms with E-state index in [4.69, 9.17) is 14.2 Å². The van der Waals surface area contributed by atoms with Crippen LogP contribution in [0.5, 0.6) is 0 Å². The largest absolute Gasteiger partial charge is 0.453 e. The van der Waals surface area contributed by atoms with E-state index in [1.807, 2.05) is 44.2 Å². The van der Waals surface area contributed by atoms with Crippen molar-refractivity contribution < 1.29 is 42.1 Å². The summed E-state index contributed by atoms with van der Waals surface area (Å²) in [6.45, 7) is 4.46. The monoisotopic (exact) mass is 662 g/mol. The molecule has 2 aromatic rings. The van der Waals surface area contributed by atoms with Crippen molar-refractivity contribution in [2.75, 3.05) is 52.3 Å². The molecule has 2 aliphatic heterocycles. The number of rotatable bonds is 15. The first-order valence-electron chi connectivity index (χ1n) is 15.4. The first kappa shape index (κ1) is 35.4. The molecule has 5 atom stereocenters. The molecule has 0 spiro atoms. The number of amides is 2. The van der Waals surface area contributed by atoms with Crippen LogP contribution in [0.3, 0.4) is 0 Å². The van der Waals surface area contributed by atoms with Crippen LogP contribution in [0.4, 0.5) is 15.3 Å². The van der Waals surface area contributed by atoms with Crippen LogP contribution in [-0.2, 0) is 35.4 Å². The highest BCUT2D eigenvalue weighted by molar-refractivity contribution is 7.89. The van der Waals surface area contributed by atoms with Gasteiger partial charge in [0.15, 0.2) is 6.29 Å². The number of nitrogens with one attached hydrogen (secondary N) is 3. The lowest BCUT2D eigenvalue weighted by Gasteiger charge is -2.35. The second-order valence-electron chi connectivity index (χ2n) is 12.4. The number of hydrogen-bond acceptors (Lipinski definition) is 10. The molecule has 254 valence electrons. The molecule has 2 amide bonds. The van der Waals surface area contributed by atoms with Crippen LogP contribution in [-0.4, -0.2) is 102 Å². The molecule has 0 bridgehead atoms. The maximum Gasteiger partial charge on any atom is 0.407 e. The Balaban J connectivity index is 1.56. The number of carbonyl (C=O) groups excluding carboxylic acids is 2. The quantitative estimate of drug-likeness (QED) is 0.223. The first-order valence-corrected chi connectivity index (χ1v) is 16.9. The highest BCUT2D eigenvalue weighted by Gasteiger charge is 2.44. The highest BCUT2D eigenvalue weighted by Crippen LogP contribution is 2.33. The molecular formula is C32H46N4O9S. The average Bonchev–Trinajstić information content (AvgIpc) is 3.66. The van der Waals surface area contributed by atoms with E-state index in [9.17, 15) is 23.1 Å². The van der Waals surface area contributed by atoms with Crippen molar-refractivity contribution in [2.45, 2.75) is 62.5 Å². The molecular weight excluding hydrogens is 616 g/mol. The average molecular weight is 663 g/mol. The summed E-state index contributed by atoms with van der Waals surface area (Å²) in [5.74, 6) is -0.0619. The van der Waals surface area contributed by atoms with Gasteiger partial charge in [-0.15, -0.1) is 0 Å². The number of sulfonamides is 1. The Morgan fingerprint density at radius 1 is 1.11 bits per heavy atom. The van der Waals surface area contributed by atoms with Crippen molar-refractivity contribution >= 4 is 27.9 Å². The number of methoxy groups -OCH3 is 1. The molecule has 0 radical (unpaired) electrons. The molecule has 0 aromatic heterocycles. The Kier molecular flexibility index (Phi) is 12.3. The third kappa shape index (κ3) is 9.55. The Bertz CT molecular complexity index is 1410. The summed E-state index contributed by atoms with van der Waals surface area (Å²) in [4.78, 5) is 24.8. The maximum absolute atomic E-state index is 14.1. The van der Waals surface area contributed by atoms with E-state index in [2.05, 4.69) is 20.7 Å². The Morgan fingerprint density at radius 3 is 2.59 bits per heavy atom. The molecule has 0 aliphatic carbocycles. The number of benzene rings is 2. The molecule has 2 saturated heterocycles. The topological polar surface area (TPSA) is 165 Å². The summed E-state index contributed by atoms with van der Waals surface area (Å²) in [6, 6.07) is 14.8. The third-order valence-electron chi connectivity index (χ3n) is 8.32. The molecule has 2 aliphatic rings. The van der Waals surface area contributed by atoms with Crippen LogP contribution in [0.25, 0.3) is 0 Å². The van der Waals surface area contributed by atoms with Gasteiger partial charge in [0.2, 0.25) is 10.0 Å². The van der Waals surface area contributed by atoms with Gasteiger partial charge in [0.25, 0.3) is 0 Å². The molecule has 2 heterocycles. The standard InChI is InChI=1S/C32H46N4O9S/c1-32(2,14-15-34-30(38)42-4)21-36(46(40,41)24-12-8-11-23(18-24)33-3)19-27(37)26(17-22-9-6-5-7-10-22)35-31(39)45-28-20-44-29-25(28)13-16-43-29/h5-12,18,25-29,33,37H,13-17,19-21H2,1-4H3,(H,34,38)(H,35,39)/t25-,26-,27+,28-,29+/m0/s1. The van der Waals surface area contributed by atoms with Gasteiger partial charge in [-0.05, 0) is 48.4 Å². The number of ether oxygens (including phenoxy) is 4. The van der Waals surface area contributed by atoms with E-state index in [0.29, 0.717) is 25.1 Å². The summed E-state index contributed by atoms with van der Waals surface area (Å²) >= 11 is 0. The predicted molar refractivity (Wildman–Crippen MR) is 171 cm³/mol. The van der Waals surface area contributed by atoms with Crippen LogP contribution in [0, 0.1) is 11.3 Å². The molecule has 2 aromatic carbocycles. The van der Waals surface area contributed by atoms with E-state index >= 15 is 0 Å². The zero-order valence-electron chi connectivity index (χ0n) is 26.8. The highest BCUT2D eigenvalue weighted by atomic mass is 32.2. The van der Waals surface area contributed by atoms with E-state index in [0.717, 1.165) is 5.56 Å². The summed E-state index contributed by atoms with van der Waals surface area (Å²) < 4.78 is 51.0. The van der Waals surface area contributed by atoms with Crippen LogP contribution < -0.4 is 16.0 Å². The molecule has 13 nitrogen and oxygen atoms in total. The van der Waals surface area contributed by atoms with E-state index < -0.39 is 52.2 Å². The number of anilines is 1. The van der Waals surface area contributed by atoms with Gasteiger partial charge >= 0.3 is 12.2 Å². The van der Waals surface area contributed by atoms with Gasteiger partial charge in [-0.2, -0.15) is 4.31 Å². The first-order chi connectivity index (χ1) is 21.9. The molecule has 0 unspecified atom stereocenters. The normalized spacial score (nSPS) is 20.9. The lowest BCUT2D eigenvalue weighted by atomic mass is 9.89. The smallest absolute Gasteiger partial charge is 0.407 e. The molecule has 14 heteroatoms. The Labute approximate surface area is 271 Å². The van der Waals surface area contributed by atoms with Gasteiger partial charge in [0, 0.05) is 32.4 Å². The van der Waals surface area contributed by atoms with Crippen molar-refractivity contribution in [3.8, 4) is 0 Å². The van der Waals surface area contributed by atoms with E-state index in [1.165, 1.54) is 23.5 Å². The minimum Gasteiger partial charge on any atom is -0.453 e. The SMILES string of the molecule is CNc1cccc(S(=O)(=O)N(C[C@@H](O)[C@H](Cc2ccccc2)NC(=O)O[C@H]2CO[C@H]3OCC[C@H]32)CC(C)(C)CCNC(=O)OC)c1. The minimum atomic E-state index is -4.12. The number of aliphatic hydroxyl groups excluding tert-OH is 1. The number of hydrogen-bond donors (Lipinski definition) is 4. The second-order valence-corrected chi connectivity index (χ2v) is 14.3. The van der Waals surface area contributed by atoms with Crippen LogP contribution >= 0.6 is 0 Å². The molecule has 4 N–H and O–H groups in total.